The maximum atomic E-state index is 14.0. The van der Waals surface area contributed by atoms with Crippen LogP contribution < -0.4 is 16.2 Å². The number of H-pyrrole nitrogens is 1. The van der Waals surface area contributed by atoms with Crippen LogP contribution in [0.1, 0.15) is 68.6 Å². The number of rotatable bonds is 7. The van der Waals surface area contributed by atoms with Gasteiger partial charge in [-0.1, -0.05) is 30.7 Å². The molecular weight excluding hydrogens is 540 g/mol. The lowest BCUT2D eigenvalue weighted by atomic mass is 9.75. The summed E-state index contributed by atoms with van der Waals surface area (Å²) < 4.78 is 0. The summed E-state index contributed by atoms with van der Waals surface area (Å²) in [5, 5.41) is 22.8. The number of allylic oxidation sites excluding steroid dienone is 3. The smallest absolute Gasteiger partial charge is 0.287 e. The summed E-state index contributed by atoms with van der Waals surface area (Å²) in [5.41, 5.74) is 1.32. The SMILES string of the molecule is Cc1cc(Nc2ccc(C(=O)N[C@H](C)C(=O)N3[C@H](C4(C)C=C(Cl)C=CC4)CC[C@@H]3C(C)(C)C#N)cc2C)c(=O)[nH]n1. The number of hydrogen-bond donors (Lipinski definition) is 3. The summed E-state index contributed by atoms with van der Waals surface area (Å²) in [4.78, 5) is 41.2. The van der Waals surface area contributed by atoms with Gasteiger partial charge in [0.15, 0.2) is 0 Å². The third kappa shape index (κ3) is 6.23. The van der Waals surface area contributed by atoms with Crippen molar-refractivity contribution in [2.24, 2.45) is 10.8 Å². The third-order valence-corrected chi connectivity index (χ3v) is 8.47. The Kier molecular flexibility index (Phi) is 8.46. The molecule has 2 aromatic rings. The fourth-order valence-electron chi connectivity index (χ4n) is 5.88. The van der Waals surface area contributed by atoms with Gasteiger partial charge in [0, 0.05) is 27.7 Å². The average molecular weight is 577 g/mol. The fraction of sp³-hybridized carbons (Fsp3) is 0.452. The number of nitrogens with zero attached hydrogens (tertiary/aromatic N) is 3. The number of carbonyl (C=O) groups excluding carboxylic acids is 2. The highest BCUT2D eigenvalue weighted by Gasteiger charge is 2.51. The number of hydrogen-bond acceptors (Lipinski definition) is 6. The molecule has 10 heteroatoms. The first kappa shape index (κ1) is 30.1. The van der Waals surface area contributed by atoms with E-state index in [1.807, 2.05) is 43.9 Å². The number of aryl methyl sites for hydroxylation is 2. The van der Waals surface area contributed by atoms with E-state index in [1.165, 1.54) is 0 Å². The Bertz CT molecular complexity index is 1520. The van der Waals surface area contributed by atoms with Gasteiger partial charge in [-0.3, -0.25) is 14.4 Å². The molecular formula is C31H37ClN6O3. The van der Waals surface area contributed by atoms with Crippen LogP contribution in [0.3, 0.4) is 0 Å². The van der Waals surface area contributed by atoms with Gasteiger partial charge in [-0.05, 0) is 89.8 Å². The standard InChI is InChI=1S/C31H37ClN6O3/c1-18-14-21(9-10-23(18)35-24-15-19(2)36-37-28(24)40)27(39)34-20(3)29(41)38-25(30(4,5)17-33)11-12-26(38)31(6)13-7-8-22(32)16-31/h7-10,14-16,20,25-26H,11-13H2,1-6H3,(H,34,39)(H,35,36)(H,37,40)/t20-,25-,26+,31?/m1/s1. The molecule has 1 aliphatic heterocycles. The Balaban J connectivity index is 1.54. The second-order valence-corrected chi connectivity index (χ2v) is 12.4. The summed E-state index contributed by atoms with van der Waals surface area (Å²) in [6, 6.07) is 7.82. The number of nitrogens with one attached hydrogen (secondary N) is 3. The molecule has 1 aliphatic carbocycles. The first-order valence-electron chi connectivity index (χ1n) is 13.8. The Morgan fingerprint density at radius 3 is 2.63 bits per heavy atom. The van der Waals surface area contributed by atoms with Crippen LogP contribution in [0.4, 0.5) is 11.4 Å². The van der Waals surface area contributed by atoms with Gasteiger partial charge in [-0.25, -0.2) is 5.10 Å². The zero-order valence-corrected chi connectivity index (χ0v) is 25.1. The van der Waals surface area contributed by atoms with Gasteiger partial charge in [0.05, 0.1) is 23.2 Å². The fourth-order valence-corrected chi connectivity index (χ4v) is 6.22. The number of aromatic amines is 1. The molecule has 216 valence electrons. The molecule has 1 unspecified atom stereocenters. The maximum absolute atomic E-state index is 14.0. The van der Waals surface area contributed by atoms with Crippen molar-refractivity contribution in [2.45, 2.75) is 78.9 Å². The van der Waals surface area contributed by atoms with Crippen LogP contribution in [0, 0.1) is 36.0 Å². The van der Waals surface area contributed by atoms with Crippen LogP contribution in [0.25, 0.3) is 0 Å². The third-order valence-electron chi connectivity index (χ3n) is 8.23. The zero-order chi connectivity index (χ0) is 30.1. The Labute approximate surface area is 245 Å². The van der Waals surface area contributed by atoms with E-state index < -0.39 is 11.5 Å². The molecule has 3 N–H and O–H groups in total. The van der Waals surface area contributed by atoms with Crippen LogP contribution in [-0.2, 0) is 4.79 Å². The number of nitriles is 1. The van der Waals surface area contributed by atoms with Crippen LogP contribution in [0.15, 0.2) is 52.3 Å². The lowest BCUT2D eigenvalue weighted by molar-refractivity contribution is -0.139. The second kappa shape index (κ2) is 11.5. The van der Waals surface area contributed by atoms with Gasteiger partial charge < -0.3 is 15.5 Å². The van der Waals surface area contributed by atoms with Crippen molar-refractivity contribution in [3.63, 3.8) is 0 Å². The van der Waals surface area contributed by atoms with E-state index >= 15 is 0 Å². The summed E-state index contributed by atoms with van der Waals surface area (Å²) in [7, 11) is 0. The number of benzene rings is 1. The minimum atomic E-state index is -0.821. The van der Waals surface area contributed by atoms with E-state index in [1.54, 1.807) is 38.1 Å². The summed E-state index contributed by atoms with van der Waals surface area (Å²) >= 11 is 6.38. The highest BCUT2D eigenvalue weighted by molar-refractivity contribution is 6.31. The van der Waals surface area contributed by atoms with Crippen molar-refractivity contribution < 1.29 is 9.59 Å². The van der Waals surface area contributed by atoms with Crippen molar-refractivity contribution in [2.75, 3.05) is 5.32 Å². The van der Waals surface area contributed by atoms with Gasteiger partial charge in [0.1, 0.15) is 11.7 Å². The number of carbonyl (C=O) groups is 2. The van der Waals surface area contributed by atoms with Gasteiger partial charge in [0.2, 0.25) is 5.91 Å². The van der Waals surface area contributed by atoms with Crippen molar-refractivity contribution in [3.05, 3.63) is 74.7 Å². The first-order valence-corrected chi connectivity index (χ1v) is 14.2. The number of aromatic nitrogens is 2. The van der Waals surface area contributed by atoms with Gasteiger partial charge >= 0.3 is 0 Å². The van der Waals surface area contributed by atoms with E-state index in [9.17, 15) is 19.6 Å². The minimum Gasteiger partial charge on any atom is -0.351 e. The zero-order valence-electron chi connectivity index (χ0n) is 24.3. The summed E-state index contributed by atoms with van der Waals surface area (Å²) in [6.45, 7) is 11.1. The molecule has 41 heavy (non-hydrogen) atoms. The number of anilines is 2. The van der Waals surface area contributed by atoms with E-state index in [0.29, 0.717) is 34.1 Å². The molecule has 4 atom stereocenters. The molecule has 2 aliphatic rings. The molecule has 1 aromatic carbocycles. The molecule has 9 nitrogen and oxygen atoms in total. The predicted molar refractivity (Wildman–Crippen MR) is 160 cm³/mol. The Hall–Kier alpha value is -3.90. The monoisotopic (exact) mass is 576 g/mol. The predicted octanol–water partition coefficient (Wildman–Crippen LogP) is 5.25. The van der Waals surface area contributed by atoms with Crippen molar-refractivity contribution in [1.29, 1.82) is 5.26 Å². The largest absolute Gasteiger partial charge is 0.351 e. The number of amides is 2. The normalized spacial score (nSPS) is 23.0. The lowest BCUT2D eigenvalue weighted by Gasteiger charge is -2.44. The van der Waals surface area contributed by atoms with E-state index in [0.717, 1.165) is 18.4 Å². The van der Waals surface area contributed by atoms with Gasteiger partial charge in [-0.15, -0.1) is 0 Å². The molecule has 4 rings (SSSR count). The van der Waals surface area contributed by atoms with Crippen molar-refractivity contribution in [1.82, 2.24) is 20.4 Å². The quantitative estimate of drug-likeness (QED) is 0.413. The molecule has 1 fully saturated rings. The molecule has 0 bridgehead atoms. The van der Waals surface area contributed by atoms with Crippen LogP contribution in [0.2, 0.25) is 0 Å². The molecule has 1 aromatic heterocycles. The molecule has 0 radical (unpaired) electrons. The summed E-state index contributed by atoms with van der Waals surface area (Å²) in [5.74, 6) is -0.614. The van der Waals surface area contributed by atoms with E-state index in [2.05, 4.69) is 33.8 Å². The minimum absolute atomic E-state index is 0.168. The number of likely N-dealkylation sites (tertiary alicyclic amines) is 1. The first-order chi connectivity index (χ1) is 19.3. The van der Waals surface area contributed by atoms with Crippen LogP contribution in [0.5, 0.6) is 0 Å². The van der Waals surface area contributed by atoms with Gasteiger partial charge in [-0.2, -0.15) is 10.4 Å². The molecule has 1 saturated heterocycles. The van der Waals surface area contributed by atoms with Crippen LogP contribution in [-0.4, -0.2) is 45.0 Å². The topological polar surface area (TPSA) is 131 Å². The average Bonchev–Trinajstić information content (AvgIpc) is 3.38. The number of halogens is 1. The maximum Gasteiger partial charge on any atom is 0.287 e. The van der Waals surface area contributed by atoms with Crippen LogP contribution >= 0.6 is 11.6 Å². The molecule has 0 spiro atoms. The summed E-state index contributed by atoms with van der Waals surface area (Å²) in [6.07, 6.45) is 8.04. The molecule has 0 saturated carbocycles. The Morgan fingerprint density at radius 2 is 1.98 bits per heavy atom. The molecule has 2 heterocycles. The molecule has 2 amide bonds. The van der Waals surface area contributed by atoms with E-state index in [-0.39, 0.29) is 34.9 Å². The van der Waals surface area contributed by atoms with E-state index in [4.69, 9.17) is 11.6 Å². The highest BCUT2D eigenvalue weighted by atomic mass is 35.5. The van der Waals surface area contributed by atoms with Crippen molar-refractivity contribution >= 4 is 34.8 Å². The van der Waals surface area contributed by atoms with Gasteiger partial charge in [0.25, 0.3) is 11.5 Å². The van der Waals surface area contributed by atoms with Crippen molar-refractivity contribution in [3.8, 4) is 6.07 Å². The lowest BCUT2D eigenvalue weighted by Crippen LogP contribution is -2.57. The highest BCUT2D eigenvalue weighted by Crippen LogP contribution is 2.47. The second-order valence-electron chi connectivity index (χ2n) is 11.9. The Morgan fingerprint density at radius 1 is 1.24 bits per heavy atom.